The lowest BCUT2D eigenvalue weighted by Crippen LogP contribution is -2.20. The van der Waals surface area contributed by atoms with Gasteiger partial charge >= 0.3 is 6.18 Å². The highest BCUT2D eigenvalue weighted by molar-refractivity contribution is 7.96. The van der Waals surface area contributed by atoms with Crippen LogP contribution in [0.5, 0.6) is 5.75 Å². The van der Waals surface area contributed by atoms with E-state index < -0.39 is 12.8 Å². The predicted molar refractivity (Wildman–Crippen MR) is 86.6 cm³/mol. The molecule has 9 heteroatoms. The van der Waals surface area contributed by atoms with Gasteiger partial charge in [0.15, 0.2) is 6.61 Å². The van der Waals surface area contributed by atoms with Gasteiger partial charge in [-0.25, -0.2) is 8.81 Å². The summed E-state index contributed by atoms with van der Waals surface area (Å²) in [6, 6.07) is 9.28. The van der Waals surface area contributed by atoms with Gasteiger partial charge < -0.3 is 4.74 Å². The number of halogens is 3. The lowest BCUT2D eigenvalue weighted by Gasteiger charge is -2.16. The lowest BCUT2D eigenvalue weighted by atomic mass is 10.2. The topological polar surface area (TPSA) is 54.9 Å². The highest BCUT2D eigenvalue weighted by Gasteiger charge is 2.28. The minimum Gasteiger partial charge on any atom is -0.484 e. The van der Waals surface area contributed by atoms with Crippen LogP contribution in [0.2, 0.25) is 0 Å². The number of fused-ring (bicyclic) bond motifs is 1. The van der Waals surface area contributed by atoms with Gasteiger partial charge in [0.25, 0.3) is 0 Å². The van der Waals surface area contributed by atoms with Crippen molar-refractivity contribution < 1.29 is 17.9 Å². The van der Waals surface area contributed by atoms with Crippen molar-refractivity contribution in [1.82, 2.24) is 18.9 Å². The number of nitrogens with one attached hydrogen (secondary N) is 2. The lowest BCUT2D eigenvalue weighted by molar-refractivity contribution is -0.153. The van der Waals surface area contributed by atoms with Crippen LogP contribution in [0.1, 0.15) is 11.3 Å². The number of ether oxygens (including phenoxy) is 1. The van der Waals surface area contributed by atoms with Crippen LogP contribution in [0.15, 0.2) is 36.5 Å². The molecule has 5 nitrogen and oxygen atoms in total. The molecule has 0 aliphatic rings. The quantitative estimate of drug-likeness (QED) is 0.660. The van der Waals surface area contributed by atoms with E-state index in [1.54, 1.807) is 6.92 Å². The number of para-hydroxylation sites is 2. The highest BCUT2D eigenvalue weighted by atomic mass is 32.2. The molecule has 128 valence electrons. The molecule has 2 aromatic heterocycles. The first-order chi connectivity index (χ1) is 11.4. The van der Waals surface area contributed by atoms with Crippen LogP contribution in [-0.2, 0) is 6.54 Å². The Hall–Kier alpha value is -2.13. The van der Waals surface area contributed by atoms with E-state index in [1.807, 2.05) is 28.4 Å². The van der Waals surface area contributed by atoms with Crippen molar-refractivity contribution >= 4 is 23.2 Å². The number of pyridine rings is 1. The minimum absolute atomic E-state index is 0.191. The molecule has 0 aliphatic carbocycles. The van der Waals surface area contributed by atoms with Crippen molar-refractivity contribution in [2.24, 2.45) is 0 Å². The van der Waals surface area contributed by atoms with Crippen LogP contribution in [-0.4, -0.2) is 27.0 Å². The van der Waals surface area contributed by atoms with Gasteiger partial charge in [0, 0.05) is 11.8 Å². The Morgan fingerprint density at radius 3 is 2.83 bits per heavy atom. The fourth-order valence-corrected chi connectivity index (χ4v) is 2.88. The number of H-pyrrole nitrogens is 1. The standard InChI is InChI=1S/C15H15F3N4OS/c1-10-12(19-7-6-14(10)23-9-15(16,17)18)8-20-24-22-13-5-3-2-4-11(13)21-22/h2-7,20-21H,8-9H2,1H3. The molecule has 1 aromatic carbocycles. The molecule has 0 aliphatic heterocycles. The SMILES string of the molecule is Cc1c(OCC(F)(F)F)ccnc1CNSn1[nH]c2ccccc21. The summed E-state index contributed by atoms with van der Waals surface area (Å²) >= 11 is 1.34. The van der Waals surface area contributed by atoms with Crippen molar-refractivity contribution in [2.75, 3.05) is 6.61 Å². The first-order valence-electron chi connectivity index (χ1n) is 7.14. The number of rotatable bonds is 6. The third-order valence-electron chi connectivity index (χ3n) is 3.39. The van der Waals surface area contributed by atoms with Crippen molar-refractivity contribution in [3.05, 3.63) is 47.8 Å². The summed E-state index contributed by atoms with van der Waals surface area (Å²) in [6.45, 7) is 0.769. The molecule has 0 spiro atoms. The number of benzene rings is 1. The maximum atomic E-state index is 12.3. The van der Waals surface area contributed by atoms with E-state index >= 15 is 0 Å². The third kappa shape index (κ3) is 3.85. The van der Waals surface area contributed by atoms with Crippen molar-refractivity contribution in [3.8, 4) is 5.75 Å². The third-order valence-corrected chi connectivity index (χ3v) is 4.13. The van der Waals surface area contributed by atoms with Gasteiger partial charge in [-0.2, -0.15) is 13.2 Å². The Morgan fingerprint density at radius 2 is 2.08 bits per heavy atom. The van der Waals surface area contributed by atoms with Gasteiger partial charge in [-0.3, -0.25) is 10.1 Å². The maximum Gasteiger partial charge on any atom is 0.422 e. The summed E-state index contributed by atoms with van der Waals surface area (Å²) in [5, 5.41) is 3.14. The molecule has 2 N–H and O–H groups in total. The van der Waals surface area contributed by atoms with Crippen LogP contribution < -0.4 is 9.46 Å². The molecule has 0 saturated heterocycles. The second-order valence-electron chi connectivity index (χ2n) is 5.12. The number of nitrogens with zero attached hydrogens (tertiary/aromatic N) is 2. The van der Waals surface area contributed by atoms with Gasteiger partial charge in [-0.1, -0.05) is 12.1 Å². The van der Waals surface area contributed by atoms with E-state index in [9.17, 15) is 13.2 Å². The molecule has 3 aromatic rings. The number of hydrogen-bond donors (Lipinski definition) is 2. The highest BCUT2D eigenvalue weighted by Crippen LogP contribution is 2.24. The Morgan fingerprint density at radius 1 is 1.29 bits per heavy atom. The summed E-state index contributed by atoms with van der Waals surface area (Å²) in [7, 11) is 0. The average Bonchev–Trinajstić information content (AvgIpc) is 2.51. The monoisotopic (exact) mass is 356 g/mol. The number of aromatic nitrogens is 3. The van der Waals surface area contributed by atoms with Crippen LogP contribution in [0, 0.1) is 6.92 Å². The van der Waals surface area contributed by atoms with Gasteiger partial charge in [0.1, 0.15) is 5.75 Å². The van der Waals surface area contributed by atoms with E-state index in [0.717, 1.165) is 11.0 Å². The summed E-state index contributed by atoms with van der Waals surface area (Å²) < 4.78 is 46.6. The van der Waals surface area contributed by atoms with Crippen LogP contribution >= 0.6 is 12.1 Å². The Labute approximate surface area is 140 Å². The summed E-state index contributed by atoms with van der Waals surface area (Å²) in [4.78, 5) is 4.19. The van der Waals surface area contributed by atoms with E-state index in [2.05, 4.69) is 14.8 Å². The summed E-state index contributed by atoms with van der Waals surface area (Å²) in [5.41, 5.74) is 3.33. The number of aromatic amines is 1. The number of hydrogen-bond acceptors (Lipinski definition) is 4. The average molecular weight is 356 g/mol. The van der Waals surface area contributed by atoms with E-state index in [1.165, 1.54) is 24.4 Å². The van der Waals surface area contributed by atoms with E-state index in [4.69, 9.17) is 4.74 Å². The van der Waals surface area contributed by atoms with Gasteiger partial charge in [0.05, 0.1) is 35.4 Å². The molecule has 3 rings (SSSR count). The first-order valence-corrected chi connectivity index (χ1v) is 7.91. The second kappa shape index (κ2) is 6.78. The van der Waals surface area contributed by atoms with Crippen LogP contribution in [0.4, 0.5) is 13.2 Å². The molecular formula is C15H15F3N4OS. The second-order valence-corrected chi connectivity index (χ2v) is 5.96. The number of alkyl halides is 3. The first kappa shape index (κ1) is 16.7. The fourth-order valence-electron chi connectivity index (χ4n) is 2.15. The van der Waals surface area contributed by atoms with Crippen LogP contribution in [0.3, 0.4) is 0 Å². The zero-order valence-electron chi connectivity index (χ0n) is 12.7. The molecule has 0 saturated carbocycles. The van der Waals surface area contributed by atoms with Crippen molar-refractivity contribution in [2.45, 2.75) is 19.6 Å². The molecule has 2 heterocycles. The molecule has 0 fully saturated rings. The molecule has 0 bridgehead atoms. The molecule has 0 radical (unpaired) electrons. The molecule has 0 atom stereocenters. The normalized spacial score (nSPS) is 12.0. The zero-order valence-corrected chi connectivity index (χ0v) is 13.5. The molecular weight excluding hydrogens is 341 g/mol. The molecule has 0 unspecified atom stereocenters. The Kier molecular flexibility index (Phi) is 4.72. The van der Waals surface area contributed by atoms with Crippen molar-refractivity contribution in [3.63, 3.8) is 0 Å². The van der Waals surface area contributed by atoms with Gasteiger partial charge in [-0.05, 0) is 25.1 Å². The molecule has 24 heavy (non-hydrogen) atoms. The Bertz CT molecular complexity index is 828. The van der Waals surface area contributed by atoms with Gasteiger partial charge in [-0.15, -0.1) is 0 Å². The molecule has 0 amide bonds. The van der Waals surface area contributed by atoms with Crippen LogP contribution in [0.25, 0.3) is 11.0 Å². The summed E-state index contributed by atoms with van der Waals surface area (Å²) in [6.07, 6.45) is -2.92. The fraction of sp³-hybridized carbons (Fsp3) is 0.267. The summed E-state index contributed by atoms with van der Waals surface area (Å²) in [5.74, 6) is 0.191. The predicted octanol–water partition coefficient (Wildman–Crippen LogP) is 3.82. The van der Waals surface area contributed by atoms with Gasteiger partial charge in [0.2, 0.25) is 0 Å². The minimum atomic E-state index is -4.36. The van der Waals surface area contributed by atoms with Crippen molar-refractivity contribution in [1.29, 1.82) is 0 Å². The Balaban J connectivity index is 1.59. The smallest absolute Gasteiger partial charge is 0.422 e. The zero-order chi connectivity index (χ0) is 17.2. The largest absolute Gasteiger partial charge is 0.484 e. The van der Waals surface area contributed by atoms with E-state index in [-0.39, 0.29) is 5.75 Å². The van der Waals surface area contributed by atoms with E-state index in [0.29, 0.717) is 17.8 Å². The maximum absolute atomic E-state index is 12.3.